The molecule has 0 saturated heterocycles. The molecule has 1 aromatic carbocycles. The molecule has 2 aromatic rings. The van der Waals surface area contributed by atoms with E-state index in [1.807, 2.05) is 19.3 Å². The third kappa shape index (κ3) is 2.76. The van der Waals surface area contributed by atoms with Gasteiger partial charge in [0.2, 0.25) is 6.79 Å². The third-order valence-electron chi connectivity index (χ3n) is 4.76. The van der Waals surface area contributed by atoms with E-state index in [2.05, 4.69) is 33.6 Å². The van der Waals surface area contributed by atoms with E-state index in [-0.39, 0.29) is 6.04 Å². The van der Waals surface area contributed by atoms with Gasteiger partial charge in [-0.05, 0) is 24.6 Å². The molecule has 0 unspecified atom stereocenters. The van der Waals surface area contributed by atoms with Crippen molar-refractivity contribution in [2.45, 2.75) is 25.9 Å². The maximum absolute atomic E-state index is 5.77. The molecule has 4 rings (SSSR count). The number of imidazole rings is 1. The highest BCUT2D eigenvalue weighted by atomic mass is 16.7. The fourth-order valence-corrected chi connectivity index (χ4v) is 3.56. The number of hydrogen-bond acceptors (Lipinski definition) is 5. The first-order valence-electron chi connectivity index (χ1n) is 8.46. The van der Waals surface area contributed by atoms with E-state index in [9.17, 15) is 0 Å². The molecule has 2 aliphatic rings. The molecule has 24 heavy (non-hydrogen) atoms. The van der Waals surface area contributed by atoms with Crippen LogP contribution in [0.3, 0.4) is 0 Å². The van der Waals surface area contributed by atoms with Crippen LogP contribution in [-0.2, 0) is 24.8 Å². The van der Waals surface area contributed by atoms with Crippen LogP contribution in [0.25, 0.3) is 0 Å². The van der Waals surface area contributed by atoms with Crippen molar-refractivity contribution in [2.75, 3.05) is 26.6 Å². The predicted octanol–water partition coefficient (Wildman–Crippen LogP) is 2.28. The van der Waals surface area contributed by atoms with E-state index >= 15 is 0 Å². The fraction of sp³-hybridized carbons (Fsp3) is 0.500. The lowest BCUT2D eigenvalue weighted by Crippen LogP contribution is -2.38. The second kappa shape index (κ2) is 6.45. The van der Waals surface area contributed by atoms with Crippen LogP contribution in [0.5, 0.6) is 11.5 Å². The minimum Gasteiger partial charge on any atom is -0.454 e. The zero-order valence-corrected chi connectivity index (χ0v) is 14.2. The summed E-state index contributed by atoms with van der Waals surface area (Å²) in [6.45, 7) is 5.60. The molecular formula is C18H23N3O3. The molecule has 0 aliphatic carbocycles. The Morgan fingerprint density at radius 1 is 1.29 bits per heavy atom. The Bertz CT molecular complexity index is 728. The number of ether oxygens (including phenoxy) is 3. The first-order chi connectivity index (χ1) is 11.8. The van der Waals surface area contributed by atoms with Gasteiger partial charge in [0, 0.05) is 33.2 Å². The quantitative estimate of drug-likeness (QED) is 0.842. The molecule has 128 valence electrons. The number of fused-ring (bicyclic) bond motifs is 2. The average Bonchev–Trinajstić information content (AvgIpc) is 3.20. The smallest absolute Gasteiger partial charge is 0.231 e. The van der Waals surface area contributed by atoms with E-state index in [1.54, 1.807) is 0 Å². The summed E-state index contributed by atoms with van der Waals surface area (Å²) >= 11 is 0. The lowest BCUT2D eigenvalue weighted by atomic mass is 10.0. The first-order valence-corrected chi connectivity index (χ1v) is 8.46. The van der Waals surface area contributed by atoms with Crippen LogP contribution in [0.1, 0.15) is 29.9 Å². The molecule has 0 fully saturated rings. The minimum atomic E-state index is 0.228. The van der Waals surface area contributed by atoms with Gasteiger partial charge in [0.1, 0.15) is 0 Å². The van der Waals surface area contributed by atoms with Crippen molar-refractivity contribution in [3.05, 3.63) is 41.5 Å². The molecule has 0 amide bonds. The molecule has 3 heterocycles. The number of nitrogens with zero attached hydrogens (tertiary/aromatic N) is 3. The second-order valence-corrected chi connectivity index (χ2v) is 6.27. The van der Waals surface area contributed by atoms with Gasteiger partial charge in [-0.1, -0.05) is 6.07 Å². The van der Waals surface area contributed by atoms with E-state index < -0.39 is 0 Å². The first kappa shape index (κ1) is 15.5. The number of rotatable bonds is 5. The summed E-state index contributed by atoms with van der Waals surface area (Å²) in [6, 6.07) is 6.42. The van der Waals surface area contributed by atoms with Crippen molar-refractivity contribution in [3.8, 4) is 11.5 Å². The Labute approximate surface area is 142 Å². The van der Waals surface area contributed by atoms with Crippen molar-refractivity contribution in [2.24, 2.45) is 7.05 Å². The Morgan fingerprint density at radius 2 is 2.17 bits per heavy atom. The molecule has 0 spiro atoms. The van der Waals surface area contributed by atoms with E-state index in [0.717, 1.165) is 37.6 Å². The van der Waals surface area contributed by atoms with Gasteiger partial charge in [0.15, 0.2) is 11.5 Å². The lowest BCUT2D eigenvalue weighted by Gasteiger charge is -2.35. The highest BCUT2D eigenvalue weighted by Crippen LogP contribution is 2.35. The van der Waals surface area contributed by atoms with Crippen molar-refractivity contribution < 1.29 is 14.2 Å². The van der Waals surface area contributed by atoms with Gasteiger partial charge in [-0.25, -0.2) is 4.98 Å². The van der Waals surface area contributed by atoms with Gasteiger partial charge in [-0.2, -0.15) is 0 Å². The molecule has 0 N–H and O–H groups in total. The standard InChI is InChI=1S/C18H23N3O3/c1-3-22-10-15-18-14(19-11-20(18)2)6-7-21(15)9-13-4-5-16-17(8-13)24-12-23-16/h4-5,8,11,15H,3,6-7,9-10,12H2,1-2H3/t15-/m0/s1. The van der Waals surface area contributed by atoms with E-state index in [0.29, 0.717) is 13.4 Å². The van der Waals surface area contributed by atoms with Crippen LogP contribution < -0.4 is 9.47 Å². The van der Waals surface area contributed by atoms with Crippen LogP contribution in [0, 0.1) is 0 Å². The SMILES string of the molecule is CCOC[C@H]1c2c(ncn2C)CCN1Cc1ccc2c(c1)OCO2. The number of benzene rings is 1. The summed E-state index contributed by atoms with van der Waals surface area (Å²) in [5, 5.41) is 0. The van der Waals surface area contributed by atoms with Gasteiger partial charge in [-0.15, -0.1) is 0 Å². The Kier molecular flexibility index (Phi) is 4.16. The Morgan fingerprint density at radius 3 is 3.04 bits per heavy atom. The summed E-state index contributed by atoms with van der Waals surface area (Å²) in [6.07, 6.45) is 2.89. The van der Waals surface area contributed by atoms with Crippen LogP contribution in [0.15, 0.2) is 24.5 Å². The predicted molar refractivity (Wildman–Crippen MR) is 89.1 cm³/mol. The monoisotopic (exact) mass is 329 g/mol. The number of hydrogen-bond donors (Lipinski definition) is 0. The highest BCUT2D eigenvalue weighted by molar-refractivity contribution is 5.44. The zero-order valence-electron chi connectivity index (χ0n) is 14.2. The molecule has 0 bridgehead atoms. The van der Waals surface area contributed by atoms with Gasteiger partial charge >= 0.3 is 0 Å². The Balaban J connectivity index is 1.58. The molecule has 6 heteroatoms. The summed E-state index contributed by atoms with van der Waals surface area (Å²) < 4.78 is 18.8. The van der Waals surface area contributed by atoms with Crippen LogP contribution in [-0.4, -0.2) is 41.0 Å². The molecule has 2 aliphatic heterocycles. The summed E-state index contributed by atoms with van der Waals surface area (Å²) in [5.74, 6) is 1.67. The number of aryl methyl sites for hydroxylation is 1. The van der Waals surface area contributed by atoms with Crippen molar-refractivity contribution in [1.29, 1.82) is 0 Å². The number of aromatic nitrogens is 2. The summed E-state index contributed by atoms with van der Waals surface area (Å²) in [7, 11) is 2.06. The average molecular weight is 329 g/mol. The third-order valence-corrected chi connectivity index (χ3v) is 4.76. The van der Waals surface area contributed by atoms with E-state index in [4.69, 9.17) is 14.2 Å². The largest absolute Gasteiger partial charge is 0.454 e. The van der Waals surface area contributed by atoms with Gasteiger partial charge < -0.3 is 18.8 Å². The molecule has 0 saturated carbocycles. The maximum atomic E-state index is 5.77. The molecule has 1 atom stereocenters. The van der Waals surface area contributed by atoms with Crippen molar-refractivity contribution in [3.63, 3.8) is 0 Å². The summed E-state index contributed by atoms with van der Waals surface area (Å²) in [5.41, 5.74) is 3.70. The fourth-order valence-electron chi connectivity index (χ4n) is 3.56. The highest BCUT2D eigenvalue weighted by Gasteiger charge is 2.31. The van der Waals surface area contributed by atoms with Crippen molar-refractivity contribution in [1.82, 2.24) is 14.5 Å². The summed E-state index contributed by atoms with van der Waals surface area (Å²) in [4.78, 5) is 7.02. The normalized spacial score (nSPS) is 19.5. The Hall–Kier alpha value is -2.05. The van der Waals surface area contributed by atoms with Crippen molar-refractivity contribution >= 4 is 0 Å². The minimum absolute atomic E-state index is 0.228. The molecule has 1 aromatic heterocycles. The zero-order chi connectivity index (χ0) is 16.5. The molecular weight excluding hydrogens is 306 g/mol. The molecule has 0 radical (unpaired) electrons. The molecule has 6 nitrogen and oxygen atoms in total. The van der Waals surface area contributed by atoms with E-state index in [1.165, 1.54) is 17.0 Å². The van der Waals surface area contributed by atoms with Gasteiger partial charge in [0.05, 0.1) is 30.4 Å². The van der Waals surface area contributed by atoms with Gasteiger partial charge in [-0.3, -0.25) is 4.90 Å². The van der Waals surface area contributed by atoms with Gasteiger partial charge in [0.25, 0.3) is 0 Å². The topological polar surface area (TPSA) is 48.8 Å². The lowest BCUT2D eigenvalue weighted by molar-refractivity contribution is 0.0519. The second-order valence-electron chi connectivity index (χ2n) is 6.27. The van der Waals surface area contributed by atoms with Crippen LogP contribution in [0.2, 0.25) is 0 Å². The van der Waals surface area contributed by atoms with Crippen LogP contribution >= 0.6 is 0 Å². The van der Waals surface area contributed by atoms with Crippen LogP contribution in [0.4, 0.5) is 0 Å². The maximum Gasteiger partial charge on any atom is 0.231 e.